The van der Waals surface area contributed by atoms with Gasteiger partial charge in [-0.1, -0.05) is 6.07 Å². The zero-order valence-corrected chi connectivity index (χ0v) is 11.2. The predicted molar refractivity (Wildman–Crippen MR) is 73.9 cm³/mol. The maximum atomic E-state index is 14.0. The molecule has 0 bridgehead atoms. The number of hydrogen-bond acceptors (Lipinski definition) is 2. The molecule has 0 spiro atoms. The summed E-state index contributed by atoms with van der Waals surface area (Å²) < 4.78 is 14.4. The van der Waals surface area contributed by atoms with E-state index in [4.69, 9.17) is 5.26 Å². The molecule has 1 heterocycles. The average Bonchev–Trinajstić information content (AvgIpc) is 2.84. The van der Waals surface area contributed by atoms with Crippen LogP contribution in [0, 0.1) is 17.1 Å². The quantitative estimate of drug-likeness (QED) is 0.737. The van der Waals surface area contributed by atoms with Gasteiger partial charge in [0.1, 0.15) is 11.6 Å². The molecule has 0 atom stereocenters. The first kappa shape index (κ1) is 11.9. The highest BCUT2D eigenvalue weighted by Gasteiger charge is 2.12. The number of aromatic nitrogens is 2. The normalized spacial score (nSPS) is 10.6. The molecule has 0 saturated heterocycles. The molecule has 0 saturated carbocycles. The molecule has 3 aromatic rings. The number of halogens is 2. The molecule has 1 N–H and O–H groups in total. The number of H-pyrrole nitrogens is 1. The first-order valence-corrected chi connectivity index (χ1v) is 6.32. The number of nitriles is 1. The number of benzene rings is 2. The predicted octanol–water partition coefficient (Wildman–Crippen LogP) is 4.00. The van der Waals surface area contributed by atoms with Gasteiger partial charge in [0.15, 0.2) is 0 Å². The Labute approximate surface area is 116 Å². The van der Waals surface area contributed by atoms with Crippen LogP contribution < -0.4 is 0 Å². The summed E-state index contributed by atoms with van der Waals surface area (Å²) in [5.74, 6) is 0.0888. The van der Waals surface area contributed by atoms with Crippen LogP contribution in [0.5, 0.6) is 0 Å². The molecule has 0 fully saturated rings. The van der Waals surface area contributed by atoms with E-state index in [-0.39, 0.29) is 5.82 Å². The molecule has 3 nitrogen and oxygen atoms in total. The maximum absolute atomic E-state index is 14.0. The van der Waals surface area contributed by atoms with Crippen molar-refractivity contribution in [1.82, 2.24) is 9.97 Å². The first-order valence-electron chi connectivity index (χ1n) is 5.53. The fourth-order valence-electron chi connectivity index (χ4n) is 1.89. The van der Waals surface area contributed by atoms with Gasteiger partial charge in [0.05, 0.1) is 32.7 Å². The monoisotopic (exact) mass is 315 g/mol. The molecule has 2 aromatic carbocycles. The summed E-state index contributed by atoms with van der Waals surface area (Å²) in [6, 6.07) is 12.2. The van der Waals surface area contributed by atoms with Crippen molar-refractivity contribution in [2.24, 2.45) is 0 Å². The van der Waals surface area contributed by atoms with Crippen LogP contribution in [0.25, 0.3) is 22.4 Å². The highest BCUT2D eigenvalue weighted by atomic mass is 79.9. The number of fused-ring (bicyclic) bond motifs is 1. The summed E-state index contributed by atoms with van der Waals surface area (Å²) in [5.41, 5.74) is 2.35. The number of nitrogens with one attached hydrogen (secondary N) is 1. The Hall–Kier alpha value is -2.19. The van der Waals surface area contributed by atoms with Gasteiger partial charge in [-0.05, 0) is 46.3 Å². The topological polar surface area (TPSA) is 52.5 Å². The van der Waals surface area contributed by atoms with Gasteiger partial charge in [-0.3, -0.25) is 0 Å². The van der Waals surface area contributed by atoms with Crippen molar-refractivity contribution in [1.29, 1.82) is 5.26 Å². The van der Waals surface area contributed by atoms with Crippen LogP contribution >= 0.6 is 15.9 Å². The maximum Gasteiger partial charge on any atom is 0.148 e. The van der Waals surface area contributed by atoms with Crippen LogP contribution in [0.2, 0.25) is 0 Å². The molecule has 5 heteroatoms. The summed E-state index contributed by atoms with van der Waals surface area (Å²) in [6.07, 6.45) is 0. The zero-order chi connectivity index (χ0) is 13.4. The molecule has 0 aliphatic rings. The van der Waals surface area contributed by atoms with E-state index in [9.17, 15) is 4.39 Å². The van der Waals surface area contributed by atoms with Crippen molar-refractivity contribution in [2.75, 3.05) is 0 Å². The SMILES string of the molecule is N#Cc1ccc2nc(-c3cccc(Br)c3F)[nH]c2c1. The highest BCUT2D eigenvalue weighted by molar-refractivity contribution is 9.10. The third-order valence-corrected chi connectivity index (χ3v) is 3.43. The van der Waals surface area contributed by atoms with Crippen LogP contribution in [0.15, 0.2) is 40.9 Å². The van der Waals surface area contributed by atoms with E-state index in [1.807, 2.05) is 0 Å². The largest absolute Gasteiger partial charge is 0.338 e. The third-order valence-electron chi connectivity index (χ3n) is 2.82. The van der Waals surface area contributed by atoms with Crippen molar-refractivity contribution in [2.45, 2.75) is 0 Å². The van der Waals surface area contributed by atoms with E-state index in [2.05, 4.69) is 32.0 Å². The molecule has 0 radical (unpaired) electrons. The molecule has 0 aliphatic carbocycles. The van der Waals surface area contributed by atoms with Gasteiger partial charge < -0.3 is 4.98 Å². The van der Waals surface area contributed by atoms with Crippen molar-refractivity contribution < 1.29 is 4.39 Å². The Morgan fingerprint density at radius 3 is 2.89 bits per heavy atom. The summed E-state index contributed by atoms with van der Waals surface area (Å²) in [7, 11) is 0. The van der Waals surface area contributed by atoms with Crippen molar-refractivity contribution in [3.63, 3.8) is 0 Å². The van der Waals surface area contributed by atoms with Gasteiger partial charge in [-0.15, -0.1) is 0 Å². The summed E-state index contributed by atoms with van der Waals surface area (Å²) >= 11 is 3.15. The zero-order valence-electron chi connectivity index (χ0n) is 9.61. The standard InChI is InChI=1S/C14H7BrFN3/c15-10-3-1-2-9(13(10)16)14-18-11-5-4-8(7-17)6-12(11)19-14/h1-6H,(H,18,19). The Balaban J connectivity index is 2.21. The summed E-state index contributed by atoms with van der Waals surface area (Å²) in [4.78, 5) is 7.37. The van der Waals surface area contributed by atoms with Crippen LogP contribution in [-0.2, 0) is 0 Å². The Morgan fingerprint density at radius 2 is 2.11 bits per heavy atom. The first-order chi connectivity index (χ1) is 9.19. The minimum Gasteiger partial charge on any atom is -0.338 e. The second kappa shape index (κ2) is 4.48. The minimum atomic E-state index is -0.359. The molecule has 0 amide bonds. The molecular weight excluding hydrogens is 309 g/mol. The molecule has 19 heavy (non-hydrogen) atoms. The van der Waals surface area contributed by atoms with Gasteiger partial charge >= 0.3 is 0 Å². The van der Waals surface area contributed by atoms with Gasteiger partial charge in [0.25, 0.3) is 0 Å². The number of aromatic amines is 1. The average molecular weight is 316 g/mol. The lowest BCUT2D eigenvalue weighted by Crippen LogP contribution is -1.87. The molecule has 92 valence electrons. The van der Waals surface area contributed by atoms with Gasteiger partial charge in [0, 0.05) is 0 Å². The van der Waals surface area contributed by atoms with Crippen molar-refractivity contribution in [3.8, 4) is 17.5 Å². The Bertz CT molecular complexity index is 817. The van der Waals surface area contributed by atoms with Crippen LogP contribution in [0.4, 0.5) is 4.39 Å². The number of hydrogen-bond donors (Lipinski definition) is 1. The van der Waals surface area contributed by atoms with Gasteiger partial charge in [0.2, 0.25) is 0 Å². The van der Waals surface area contributed by atoms with Crippen LogP contribution in [0.3, 0.4) is 0 Å². The number of rotatable bonds is 1. The van der Waals surface area contributed by atoms with Gasteiger partial charge in [-0.2, -0.15) is 5.26 Å². The molecular formula is C14H7BrFN3. The highest BCUT2D eigenvalue weighted by Crippen LogP contribution is 2.27. The molecule has 1 aromatic heterocycles. The molecule has 0 unspecified atom stereocenters. The van der Waals surface area contributed by atoms with E-state index in [1.165, 1.54) is 0 Å². The summed E-state index contributed by atoms with van der Waals surface area (Å²) in [5, 5.41) is 8.85. The third kappa shape index (κ3) is 2.00. The second-order valence-electron chi connectivity index (χ2n) is 4.03. The number of nitrogens with zero attached hydrogens (tertiary/aromatic N) is 2. The fraction of sp³-hybridized carbons (Fsp3) is 0. The van der Waals surface area contributed by atoms with E-state index >= 15 is 0 Å². The number of imidazole rings is 1. The lowest BCUT2D eigenvalue weighted by atomic mass is 10.2. The van der Waals surface area contributed by atoms with Crippen LogP contribution in [0.1, 0.15) is 5.56 Å². The van der Waals surface area contributed by atoms with Crippen molar-refractivity contribution in [3.05, 3.63) is 52.3 Å². The van der Waals surface area contributed by atoms with Crippen molar-refractivity contribution >= 4 is 27.0 Å². The Morgan fingerprint density at radius 1 is 1.26 bits per heavy atom. The lowest BCUT2D eigenvalue weighted by Gasteiger charge is -2.00. The minimum absolute atomic E-state index is 0.359. The van der Waals surface area contributed by atoms with E-state index in [0.717, 1.165) is 0 Å². The second-order valence-corrected chi connectivity index (χ2v) is 4.88. The molecule has 3 rings (SSSR count). The van der Waals surface area contributed by atoms with E-state index in [0.29, 0.717) is 32.5 Å². The lowest BCUT2D eigenvalue weighted by molar-refractivity contribution is 0.623. The fourth-order valence-corrected chi connectivity index (χ4v) is 2.26. The van der Waals surface area contributed by atoms with E-state index < -0.39 is 0 Å². The molecule has 0 aliphatic heterocycles. The Kier molecular flexibility index (Phi) is 2.80. The van der Waals surface area contributed by atoms with E-state index in [1.54, 1.807) is 36.4 Å². The van der Waals surface area contributed by atoms with Gasteiger partial charge in [-0.25, -0.2) is 9.37 Å². The summed E-state index contributed by atoms with van der Waals surface area (Å²) in [6.45, 7) is 0. The van der Waals surface area contributed by atoms with Crippen LogP contribution in [-0.4, -0.2) is 9.97 Å². The smallest absolute Gasteiger partial charge is 0.148 e.